The maximum Gasteiger partial charge on any atom is 0.282 e. The van der Waals surface area contributed by atoms with Gasteiger partial charge in [-0.05, 0) is 61.4 Å². The lowest BCUT2D eigenvalue weighted by atomic mass is 10.0. The Kier molecular flexibility index (Phi) is 5.94. The molecule has 2 amide bonds. The molecule has 6 heteroatoms. The number of ether oxygens (including phenoxy) is 2. The standard InChI is InChI=1S/C26H24N2O4/c1-4-32-22-10-6-9-20(16-22)28-25(29)23(18-11-13-21(31-3)14-12-18)24(26(28)30)27-19-8-5-7-17(2)15-19/h5-16,27H,4H2,1-3H3. The summed E-state index contributed by atoms with van der Waals surface area (Å²) < 4.78 is 10.8. The summed E-state index contributed by atoms with van der Waals surface area (Å²) in [6.45, 7) is 4.34. The first-order valence-electron chi connectivity index (χ1n) is 10.4. The first kappa shape index (κ1) is 21.2. The molecule has 3 aromatic rings. The largest absolute Gasteiger partial charge is 0.497 e. The summed E-state index contributed by atoms with van der Waals surface area (Å²) in [6.07, 6.45) is 0. The van der Waals surface area contributed by atoms with E-state index in [1.807, 2.05) is 38.1 Å². The Bertz CT molecular complexity index is 1200. The van der Waals surface area contributed by atoms with Crippen molar-refractivity contribution in [1.29, 1.82) is 0 Å². The maximum atomic E-state index is 13.5. The zero-order valence-corrected chi connectivity index (χ0v) is 18.2. The van der Waals surface area contributed by atoms with Crippen LogP contribution in [0.3, 0.4) is 0 Å². The molecule has 1 aliphatic heterocycles. The first-order valence-corrected chi connectivity index (χ1v) is 10.4. The number of benzene rings is 3. The molecular weight excluding hydrogens is 404 g/mol. The lowest BCUT2D eigenvalue weighted by Crippen LogP contribution is -2.32. The van der Waals surface area contributed by atoms with Crippen LogP contribution in [0.15, 0.2) is 78.5 Å². The highest BCUT2D eigenvalue weighted by molar-refractivity contribution is 6.46. The number of anilines is 2. The zero-order valence-electron chi connectivity index (χ0n) is 18.2. The molecule has 32 heavy (non-hydrogen) atoms. The number of nitrogens with zero attached hydrogens (tertiary/aromatic N) is 1. The third-order valence-corrected chi connectivity index (χ3v) is 5.14. The van der Waals surface area contributed by atoms with Crippen LogP contribution in [0.4, 0.5) is 11.4 Å². The van der Waals surface area contributed by atoms with Crippen molar-refractivity contribution in [3.63, 3.8) is 0 Å². The molecule has 0 spiro atoms. The van der Waals surface area contributed by atoms with E-state index in [1.54, 1.807) is 55.6 Å². The molecule has 0 saturated heterocycles. The van der Waals surface area contributed by atoms with Gasteiger partial charge in [0.1, 0.15) is 17.2 Å². The van der Waals surface area contributed by atoms with Gasteiger partial charge in [0.2, 0.25) is 0 Å². The number of aryl methyl sites for hydroxylation is 1. The fourth-order valence-electron chi connectivity index (χ4n) is 3.65. The van der Waals surface area contributed by atoms with Crippen LogP contribution in [0.5, 0.6) is 11.5 Å². The molecule has 0 aliphatic carbocycles. The number of carbonyl (C=O) groups excluding carboxylic acids is 2. The van der Waals surface area contributed by atoms with Crippen molar-refractivity contribution < 1.29 is 19.1 Å². The average Bonchev–Trinajstić information content (AvgIpc) is 3.03. The van der Waals surface area contributed by atoms with Crippen LogP contribution in [0.2, 0.25) is 0 Å². The van der Waals surface area contributed by atoms with Gasteiger partial charge >= 0.3 is 0 Å². The second-order valence-electron chi connectivity index (χ2n) is 7.35. The Balaban J connectivity index is 1.79. The summed E-state index contributed by atoms with van der Waals surface area (Å²) in [7, 11) is 1.58. The minimum atomic E-state index is -0.420. The van der Waals surface area contributed by atoms with Crippen LogP contribution in [0.1, 0.15) is 18.1 Å². The highest BCUT2D eigenvalue weighted by Crippen LogP contribution is 2.35. The van der Waals surface area contributed by atoms with Gasteiger partial charge in [-0.25, -0.2) is 4.90 Å². The minimum Gasteiger partial charge on any atom is -0.497 e. The Morgan fingerprint density at radius 3 is 2.31 bits per heavy atom. The van der Waals surface area contributed by atoms with E-state index in [-0.39, 0.29) is 5.70 Å². The van der Waals surface area contributed by atoms with Crippen LogP contribution in [-0.2, 0) is 9.59 Å². The summed E-state index contributed by atoms with van der Waals surface area (Å²) in [6, 6.07) is 21.7. The molecule has 4 rings (SSSR count). The number of imide groups is 1. The van der Waals surface area contributed by atoms with Crippen LogP contribution in [0.25, 0.3) is 5.57 Å². The van der Waals surface area contributed by atoms with Gasteiger partial charge in [0, 0.05) is 11.8 Å². The van der Waals surface area contributed by atoms with Gasteiger partial charge in [0.25, 0.3) is 11.8 Å². The lowest BCUT2D eigenvalue weighted by Gasteiger charge is -2.16. The predicted octanol–water partition coefficient (Wildman–Crippen LogP) is 4.80. The van der Waals surface area contributed by atoms with E-state index in [4.69, 9.17) is 9.47 Å². The molecule has 0 saturated carbocycles. The molecule has 0 atom stereocenters. The average molecular weight is 428 g/mol. The number of methoxy groups -OCH3 is 1. The fourth-order valence-corrected chi connectivity index (χ4v) is 3.65. The quantitative estimate of drug-likeness (QED) is 0.548. The summed E-state index contributed by atoms with van der Waals surface area (Å²) >= 11 is 0. The van der Waals surface area contributed by atoms with E-state index in [2.05, 4.69) is 5.32 Å². The third kappa shape index (κ3) is 4.07. The summed E-state index contributed by atoms with van der Waals surface area (Å²) in [5.41, 5.74) is 3.39. The van der Waals surface area contributed by atoms with Crippen molar-refractivity contribution in [3.8, 4) is 11.5 Å². The minimum absolute atomic E-state index is 0.229. The Labute approximate surface area is 187 Å². The van der Waals surface area contributed by atoms with Gasteiger partial charge in [-0.3, -0.25) is 9.59 Å². The number of amides is 2. The Morgan fingerprint density at radius 1 is 0.875 bits per heavy atom. The molecule has 1 N–H and O–H groups in total. The Hall–Kier alpha value is -4.06. The molecule has 6 nitrogen and oxygen atoms in total. The number of nitrogens with one attached hydrogen (secondary N) is 1. The zero-order chi connectivity index (χ0) is 22.7. The summed E-state index contributed by atoms with van der Waals surface area (Å²) in [5, 5.41) is 3.18. The van der Waals surface area contributed by atoms with Crippen LogP contribution in [0, 0.1) is 6.92 Å². The van der Waals surface area contributed by atoms with Crippen LogP contribution in [-0.4, -0.2) is 25.5 Å². The van der Waals surface area contributed by atoms with Crippen LogP contribution >= 0.6 is 0 Å². The monoisotopic (exact) mass is 428 g/mol. The SMILES string of the molecule is CCOc1cccc(N2C(=O)C(Nc3cccc(C)c3)=C(c3ccc(OC)cc3)C2=O)c1. The van der Waals surface area contributed by atoms with E-state index >= 15 is 0 Å². The molecule has 0 bridgehead atoms. The van der Waals surface area contributed by atoms with Gasteiger partial charge in [-0.2, -0.15) is 0 Å². The van der Waals surface area contributed by atoms with Crippen molar-refractivity contribution in [2.24, 2.45) is 0 Å². The van der Waals surface area contributed by atoms with Gasteiger partial charge in [0.15, 0.2) is 0 Å². The topological polar surface area (TPSA) is 67.9 Å². The number of hydrogen-bond donors (Lipinski definition) is 1. The summed E-state index contributed by atoms with van der Waals surface area (Å²) in [5.74, 6) is 0.442. The molecular formula is C26H24N2O4. The fraction of sp³-hybridized carbons (Fsp3) is 0.154. The molecule has 0 aromatic heterocycles. The molecule has 0 fully saturated rings. The molecule has 0 unspecified atom stereocenters. The van der Waals surface area contributed by atoms with Gasteiger partial charge in [-0.1, -0.05) is 30.3 Å². The Morgan fingerprint density at radius 2 is 1.62 bits per heavy atom. The van der Waals surface area contributed by atoms with E-state index in [0.717, 1.165) is 11.3 Å². The van der Waals surface area contributed by atoms with Crippen molar-refractivity contribution in [2.75, 3.05) is 23.9 Å². The van der Waals surface area contributed by atoms with Crippen molar-refractivity contribution >= 4 is 28.8 Å². The maximum absolute atomic E-state index is 13.5. The van der Waals surface area contributed by atoms with Crippen molar-refractivity contribution in [2.45, 2.75) is 13.8 Å². The highest BCUT2D eigenvalue weighted by atomic mass is 16.5. The first-order chi connectivity index (χ1) is 15.5. The van der Waals surface area contributed by atoms with E-state index in [9.17, 15) is 9.59 Å². The van der Waals surface area contributed by atoms with E-state index in [0.29, 0.717) is 34.9 Å². The number of carbonyl (C=O) groups is 2. The predicted molar refractivity (Wildman–Crippen MR) is 125 cm³/mol. The van der Waals surface area contributed by atoms with Gasteiger partial charge < -0.3 is 14.8 Å². The molecule has 0 radical (unpaired) electrons. The molecule has 3 aromatic carbocycles. The number of hydrogen-bond acceptors (Lipinski definition) is 5. The smallest absolute Gasteiger partial charge is 0.282 e. The van der Waals surface area contributed by atoms with E-state index < -0.39 is 11.8 Å². The second kappa shape index (κ2) is 8.98. The van der Waals surface area contributed by atoms with Crippen LogP contribution < -0.4 is 19.7 Å². The lowest BCUT2D eigenvalue weighted by molar-refractivity contribution is -0.120. The summed E-state index contributed by atoms with van der Waals surface area (Å²) in [4.78, 5) is 28.2. The normalized spacial score (nSPS) is 13.5. The molecule has 1 heterocycles. The van der Waals surface area contributed by atoms with Crippen molar-refractivity contribution in [1.82, 2.24) is 0 Å². The molecule has 162 valence electrons. The second-order valence-corrected chi connectivity index (χ2v) is 7.35. The molecule has 1 aliphatic rings. The van der Waals surface area contributed by atoms with E-state index in [1.165, 1.54) is 4.90 Å². The van der Waals surface area contributed by atoms with Crippen molar-refractivity contribution in [3.05, 3.63) is 89.6 Å². The van der Waals surface area contributed by atoms with Gasteiger partial charge in [0.05, 0.1) is 25.0 Å². The third-order valence-electron chi connectivity index (χ3n) is 5.14. The number of rotatable bonds is 7. The van der Waals surface area contributed by atoms with Gasteiger partial charge in [-0.15, -0.1) is 0 Å². The highest BCUT2D eigenvalue weighted by Gasteiger charge is 2.40.